The molecule has 19 heavy (non-hydrogen) atoms. The van der Waals surface area contributed by atoms with Gasteiger partial charge in [0.1, 0.15) is 0 Å². The maximum absolute atomic E-state index is 11.7. The van der Waals surface area contributed by atoms with Crippen LogP contribution in [0.3, 0.4) is 0 Å². The molecule has 1 aliphatic heterocycles. The lowest BCUT2D eigenvalue weighted by Gasteiger charge is -2.33. The van der Waals surface area contributed by atoms with Crippen LogP contribution < -0.4 is 16.6 Å². The summed E-state index contributed by atoms with van der Waals surface area (Å²) in [7, 11) is 0. The summed E-state index contributed by atoms with van der Waals surface area (Å²) in [5, 5.41) is 5.02. The van der Waals surface area contributed by atoms with E-state index in [0.29, 0.717) is 18.1 Å². The van der Waals surface area contributed by atoms with Gasteiger partial charge in [0.25, 0.3) is 5.91 Å². The maximum atomic E-state index is 11.7. The molecule has 2 heterocycles. The monoisotopic (exact) mass is 283 g/mol. The van der Waals surface area contributed by atoms with Crippen molar-refractivity contribution < 1.29 is 9.59 Å². The van der Waals surface area contributed by atoms with Gasteiger partial charge in [0, 0.05) is 25.0 Å². The molecular weight excluding hydrogens is 266 g/mol. The molecule has 0 aliphatic carbocycles. The van der Waals surface area contributed by atoms with Crippen LogP contribution in [0.15, 0.2) is 5.38 Å². The summed E-state index contributed by atoms with van der Waals surface area (Å²) in [6.45, 7) is 3.99. The quantitative estimate of drug-likeness (QED) is 0.391. The third-order valence-corrected chi connectivity index (χ3v) is 3.96. The van der Waals surface area contributed by atoms with Crippen LogP contribution in [0.5, 0.6) is 0 Å². The van der Waals surface area contributed by atoms with E-state index >= 15 is 0 Å². The van der Waals surface area contributed by atoms with E-state index in [2.05, 4.69) is 20.6 Å². The molecule has 0 saturated carbocycles. The van der Waals surface area contributed by atoms with Gasteiger partial charge < -0.3 is 5.32 Å². The minimum Gasteiger partial charge on any atom is -0.353 e. The highest BCUT2D eigenvalue weighted by Gasteiger charge is 2.28. The highest BCUT2D eigenvalue weighted by Crippen LogP contribution is 2.16. The van der Waals surface area contributed by atoms with Crippen molar-refractivity contribution in [1.29, 1.82) is 0 Å². The second kappa shape index (κ2) is 6.09. The van der Waals surface area contributed by atoms with Gasteiger partial charge in [0.15, 0.2) is 5.01 Å². The number of nitrogens with zero attached hydrogens (tertiary/aromatic N) is 2. The minimum absolute atomic E-state index is 0.0592. The fourth-order valence-corrected chi connectivity index (χ4v) is 2.86. The average molecular weight is 283 g/mol. The number of hydrazine groups is 1. The van der Waals surface area contributed by atoms with E-state index in [1.165, 1.54) is 11.3 Å². The number of amides is 2. The molecular formula is C11H17N5O2S. The summed E-state index contributed by atoms with van der Waals surface area (Å²) in [6.07, 6.45) is 0.756. The molecule has 2 rings (SSSR count). The fourth-order valence-electron chi connectivity index (χ4n) is 2.15. The van der Waals surface area contributed by atoms with Crippen LogP contribution in [-0.2, 0) is 11.3 Å². The molecule has 1 unspecified atom stereocenters. The zero-order chi connectivity index (χ0) is 13.8. The van der Waals surface area contributed by atoms with Gasteiger partial charge in [-0.1, -0.05) is 6.92 Å². The van der Waals surface area contributed by atoms with Gasteiger partial charge in [-0.25, -0.2) is 10.8 Å². The topological polar surface area (TPSA) is 100 Å². The van der Waals surface area contributed by atoms with Crippen LogP contribution in [0.1, 0.15) is 28.8 Å². The normalized spacial score (nSPS) is 20.1. The first-order chi connectivity index (χ1) is 9.15. The summed E-state index contributed by atoms with van der Waals surface area (Å²) < 4.78 is 0. The van der Waals surface area contributed by atoms with Crippen molar-refractivity contribution in [3.8, 4) is 0 Å². The fraction of sp³-hybridized carbons (Fsp3) is 0.545. The number of hydrogen-bond donors (Lipinski definition) is 3. The van der Waals surface area contributed by atoms with Crippen molar-refractivity contribution in [2.45, 2.75) is 25.9 Å². The van der Waals surface area contributed by atoms with Crippen LogP contribution >= 0.6 is 11.3 Å². The average Bonchev–Trinajstić information content (AvgIpc) is 2.87. The lowest BCUT2D eigenvalue weighted by Crippen LogP contribution is -2.54. The zero-order valence-corrected chi connectivity index (χ0v) is 11.5. The predicted molar refractivity (Wildman–Crippen MR) is 71.3 cm³/mol. The van der Waals surface area contributed by atoms with Crippen molar-refractivity contribution >= 4 is 23.2 Å². The Hall–Kier alpha value is -1.51. The van der Waals surface area contributed by atoms with Gasteiger partial charge in [0.05, 0.1) is 11.7 Å². The van der Waals surface area contributed by atoms with Gasteiger partial charge in [-0.15, -0.1) is 11.3 Å². The van der Waals surface area contributed by atoms with Gasteiger partial charge >= 0.3 is 0 Å². The molecule has 8 heteroatoms. The van der Waals surface area contributed by atoms with Gasteiger partial charge in [-0.2, -0.15) is 0 Å². The number of piperazine rings is 1. The third-order valence-electron chi connectivity index (χ3n) is 3.07. The summed E-state index contributed by atoms with van der Waals surface area (Å²) >= 11 is 1.25. The molecule has 1 fully saturated rings. The zero-order valence-electron chi connectivity index (χ0n) is 10.7. The molecule has 4 N–H and O–H groups in total. The Kier molecular flexibility index (Phi) is 4.46. The first-order valence-corrected chi connectivity index (χ1v) is 7.00. The lowest BCUT2D eigenvalue weighted by atomic mass is 10.1. The highest BCUT2D eigenvalue weighted by atomic mass is 32.1. The number of carbonyl (C=O) groups is 2. The molecule has 104 valence electrons. The predicted octanol–water partition coefficient (Wildman–Crippen LogP) is -0.543. The molecule has 1 saturated heterocycles. The van der Waals surface area contributed by atoms with E-state index < -0.39 is 0 Å². The Balaban J connectivity index is 2.05. The van der Waals surface area contributed by atoms with Gasteiger partial charge in [0.2, 0.25) is 5.91 Å². The number of nitrogens with two attached hydrogens (primary N) is 1. The SMILES string of the molecule is CCC1C(=O)NCCN1Cc1csc(C(=O)NN)n1. The van der Waals surface area contributed by atoms with Crippen molar-refractivity contribution in [3.63, 3.8) is 0 Å². The standard InChI is InChI=1S/C11H17N5O2S/c1-2-8-9(17)13-3-4-16(8)5-7-6-19-11(14-7)10(18)15-12/h6,8H,2-5,12H2,1H3,(H,13,17)(H,15,18). The van der Waals surface area contributed by atoms with Crippen LogP contribution in [-0.4, -0.2) is 40.8 Å². The van der Waals surface area contributed by atoms with Crippen molar-refractivity contribution in [1.82, 2.24) is 20.6 Å². The first-order valence-electron chi connectivity index (χ1n) is 6.12. The van der Waals surface area contributed by atoms with E-state index in [9.17, 15) is 9.59 Å². The summed E-state index contributed by atoms with van der Waals surface area (Å²) in [5.41, 5.74) is 2.85. The van der Waals surface area contributed by atoms with E-state index in [1.54, 1.807) is 0 Å². The van der Waals surface area contributed by atoms with Crippen molar-refractivity contribution in [2.75, 3.05) is 13.1 Å². The summed E-state index contributed by atoms with van der Waals surface area (Å²) in [4.78, 5) is 29.4. The van der Waals surface area contributed by atoms with Crippen LogP contribution in [0.2, 0.25) is 0 Å². The van der Waals surface area contributed by atoms with Crippen molar-refractivity contribution in [2.24, 2.45) is 5.84 Å². The smallest absolute Gasteiger partial charge is 0.294 e. The Labute approximate surface area is 115 Å². The minimum atomic E-state index is -0.389. The van der Waals surface area contributed by atoms with Crippen molar-refractivity contribution in [3.05, 3.63) is 16.1 Å². The highest BCUT2D eigenvalue weighted by molar-refractivity contribution is 7.11. The maximum Gasteiger partial charge on any atom is 0.294 e. The Morgan fingerprint density at radius 3 is 3.21 bits per heavy atom. The molecule has 0 bridgehead atoms. The number of aromatic nitrogens is 1. The first kappa shape index (κ1) is 13.9. The molecule has 1 atom stereocenters. The number of hydrogen-bond acceptors (Lipinski definition) is 6. The van der Waals surface area contributed by atoms with E-state index in [0.717, 1.165) is 18.7 Å². The number of carbonyl (C=O) groups excluding carboxylic acids is 2. The molecule has 2 amide bonds. The molecule has 1 aromatic rings. The van der Waals surface area contributed by atoms with Crippen LogP contribution in [0.4, 0.5) is 0 Å². The van der Waals surface area contributed by atoms with E-state index in [4.69, 9.17) is 5.84 Å². The van der Waals surface area contributed by atoms with Gasteiger partial charge in [-0.05, 0) is 6.42 Å². The summed E-state index contributed by atoms with van der Waals surface area (Å²) in [5.74, 6) is 4.73. The number of nitrogen functional groups attached to an aromatic ring is 1. The second-order valence-electron chi connectivity index (χ2n) is 4.30. The third kappa shape index (κ3) is 3.09. The molecule has 0 aromatic carbocycles. The van der Waals surface area contributed by atoms with Crippen LogP contribution in [0.25, 0.3) is 0 Å². The van der Waals surface area contributed by atoms with Crippen LogP contribution in [0, 0.1) is 0 Å². The molecule has 0 radical (unpaired) electrons. The number of thiazole rings is 1. The van der Waals surface area contributed by atoms with E-state index in [-0.39, 0.29) is 17.9 Å². The molecule has 7 nitrogen and oxygen atoms in total. The number of nitrogens with one attached hydrogen (secondary N) is 2. The largest absolute Gasteiger partial charge is 0.353 e. The second-order valence-corrected chi connectivity index (χ2v) is 5.16. The Morgan fingerprint density at radius 1 is 1.74 bits per heavy atom. The van der Waals surface area contributed by atoms with E-state index in [1.807, 2.05) is 12.3 Å². The molecule has 0 spiro atoms. The summed E-state index contributed by atoms with van der Waals surface area (Å²) in [6, 6.07) is -0.123. The molecule has 1 aliphatic rings. The Morgan fingerprint density at radius 2 is 2.53 bits per heavy atom. The number of rotatable bonds is 4. The lowest BCUT2D eigenvalue weighted by molar-refractivity contribution is -0.129. The Bertz CT molecular complexity index is 475. The van der Waals surface area contributed by atoms with Gasteiger partial charge in [-0.3, -0.25) is 19.9 Å². The molecule has 1 aromatic heterocycles.